The molecule has 0 radical (unpaired) electrons. The lowest BCUT2D eigenvalue weighted by Crippen LogP contribution is -2.41. The van der Waals surface area contributed by atoms with E-state index in [0.29, 0.717) is 37.2 Å². The molecule has 1 aliphatic rings. The lowest BCUT2D eigenvalue weighted by atomic mass is 9.89. The van der Waals surface area contributed by atoms with Crippen molar-refractivity contribution in [2.45, 2.75) is 91.4 Å². The van der Waals surface area contributed by atoms with E-state index in [9.17, 15) is 14.0 Å². The number of carbonyl (C=O) groups is 2. The van der Waals surface area contributed by atoms with Crippen molar-refractivity contribution in [1.29, 1.82) is 0 Å². The van der Waals surface area contributed by atoms with E-state index >= 15 is 0 Å². The molecular weight excluding hydrogens is 547 g/mol. The Morgan fingerprint density at radius 2 is 1.74 bits per heavy atom. The first-order chi connectivity index (χ1) is 20.6. The Bertz CT molecular complexity index is 1400. The number of aryl methyl sites for hydroxylation is 2. The normalized spacial score (nSPS) is 14.5. The zero-order valence-corrected chi connectivity index (χ0v) is 26.0. The fraction of sp³-hybridized carbons (Fsp3) is 0.457. The number of hydrogen-bond donors (Lipinski definition) is 0. The lowest BCUT2D eigenvalue weighted by Gasteiger charge is -2.36. The van der Waals surface area contributed by atoms with E-state index in [-0.39, 0.29) is 30.7 Å². The van der Waals surface area contributed by atoms with Gasteiger partial charge in [0.1, 0.15) is 29.5 Å². The Balaban J connectivity index is 1.56. The number of esters is 1. The lowest BCUT2D eigenvalue weighted by molar-refractivity contribution is 0.0140. The van der Waals surface area contributed by atoms with Crippen LogP contribution < -0.4 is 4.74 Å². The molecule has 43 heavy (non-hydrogen) atoms. The summed E-state index contributed by atoms with van der Waals surface area (Å²) in [5, 5.41) is 0. The highest BCUT2D eigenvalue weighted by atomic mass is 19.1. The molecule has 8 heteroatoms. The van der Waals surface area contributed by atoms with Gasteiger partial charge in [0.05, 0.1) is 12.6 Å². The van der Waals surface area contributed by atoms with Gasteiger partial charge in [-0.3, -0.25) is 0 Å². The van der Waals surface area contributed by atoms with Gasteiger partial charge in [-0.1, -0.05) is 43.7 Å². The number of benzene rings is 2. The second-order valence-electron chi connectivity index (χ2n) is 11.9. The van der Waals surface area contributed by atoms with E-state index in [2.05, 4.69) is 36.2 Å². The predicted octanol–water partition coefficient (Wildman–Crippen LogP) is 7.79. The van der Waals surface area contributed by atoms with Crippen LogP contribution >= 0.6 is 0 Å². The van der Waals surface area contributed by atoms with Crippen LogP contribution in [-0.2, 0) is 35.3 Å². The maximum Gasteiger partial charge on any atom is 0.410 e. The molecule has 0 N–H and O–H groups in total. The fourth-order valence-electron chi connectivity index (χ4n) is 5.35. The van der Waals surface area contributed by atoms with Crippen LogP contribution in [0.4, 0.5) is 9.18 Å². The van der Waals surface area contributed by atoms with Crippen molar-refractivity contribution in [3.05, 3.63) is 94.1 Å². The van der Waals surface area contributed by atoms with Crippen molar-refractivity contribution in [1.82, 2.24) is 9.88 Å². The summed E-state index contributed by atoms with van der Waals surface area (Å²) in [6.07, 6.45) is 4.24. The molecule has 3 aromatic rings. The molecule has 1 aliphatic carbocycles. The molecular formula is C35H43FN2O5. The van der Waals surface area contributed by atoms with Gasteiger partial charge in [0.25, 0.3) is 0 Å². The topological polar surface area (TPSA) is 78.0 Å². The smallest absolute Gasteiger partial charge is 0.410 e. The number of halogens is 1. The minimum atomic E-state index is -0.696. The predicted molar refractivity (Wildman–Crippen MR) is 164 cm³/mol. The number of ether oxygens (including phenoxy) is 3. The maximum absolute atomic E-state index is 14.4. The standard InChI is InChI=1S/C35H43FN2O5/c1-6-9-24-12-14-25(15-13-24)23-42-32-19-16-27(36)22-26(32)20-21-38(34(40)43-35(3,4)5)31-11-8-10-29-28(31)17-18-30(37-29)33(39)41-7-2/h12-19,22,31H,6-11,20-21,23H2,1-5H3. The summed E-state index contributed by atoms with van der Waals surface area (Å²) in [6.45, 7) is 10.3. The second kappa shape index (κ2) is 14.5. The second-order valence-corrected chi connectivity index (χ2v) is 11.9. The summed E-state index contributed by atoms with van der Waals surface area (Å²) >= 11 is 0. The average molecular weight is 591 g/mol. The van der Waals surface area contributed by atoms with Crippen LogP contribution in [0.5, 0.6) is 5.75 Å². The van der Waals surface area contributed by atoms with Crippen LogP contribution in [-0.4, -0.2) is 40.7 Å². The summed E-state index contributed by atoms with van der Waals surface area (Å²) < 4.78 is 31.5. The van der Waals surface area contributed by atoms with Gasteiger partial charge in [-0.05, 0) is 106 Å². The van der Waals surface area contributed by atoms with Gasteiger partial charge in [-0.15, -0.1) is 0 Å². The van der Waals surface area contributed by atoms with Gasteiger partial charge in [-0.2, -0.15) is 0 Å². The number of aromatic nitrogens is 1. The van der Waals surface area contributed by atoms with Crippen molar-refractivity contribution in [3.8, 4) is 5.75 Å². The van der Waals surface area contributed by atoms with Gasteiger partial charge in [0.2, 0.25) is 0 Å². The number of rotatable bonds is 11. The molecule has 7 nitrogen and oxygen atoms in total. The van der Waals surface area contributed by atoms with Gasteiger partial charge in [0.15, 0.2) is 0 Å². The van der Waals surface area contributed by atoms with Gasteiger partial charge < -0.3 is 19.1 Å². The van der Waals surface area contributed by atoms with E-state index in [0.717, 1.165) is 36.1 Å². The Hall–Kier alpha value is -3.94. The molecule has 0 aliphatic heterocycles. The molecule has 0 bridgehead atoms. The third-order valence-electron chi connectivity index (χ3n) is 7.35. The maximum atomic E-state index is 14.4. The van der Waals surface area contributed by atoms with Crippen LogP contribution in [0.25, 0.3) is 0 Å². The average Bonchev–Trinajstić information content (AvgIpc) is 2.96. The summed E-state index contributed by atoms with van der Waals surface area (Å²) in [5.41, 5.74) is 4.20. The van der Waals surface area contributed by atoms with Crippen molar-refractivity contribution in [2.75, 3.05) is 13.2 Å². The molecule has 230 valence electrons. The Kier molecular flexibility index (Phi) is 10.8. The zero-order valence-electron chi connectivity index (χ0n) is 26.0. The molecule has 1 heterocycles. The summed E-state index contributed by atoms with van der Waals surface area (Å²) in [4.78, 5) is 32.2. The Morgan fingerprint density at radius 1 is 1.00 bits per heavy atom. The number of pyridine rings is 1. The van der Waals surface area contributed by atoms with Crippen LogP contribution in [0.2, 0.25) is 0 Å². The molecule has 0 fully saturated rings. The van der Waals surface area contributed by atoms with Crippen LogP contribution in [0.3, 0.4) is 0 Å². The van der Waals surface area contributed by atoms with E-state index in [1.54, 1.807) is 24.0 Å². The van der Waals surface area contributed by atoms with E-state index < -0.39 is 17.7 Å². The first-order valence-electron chi connectivity index (χ1n) is 15.2. The number of amides is 1. The van der Waals surface area contributed by atoms with Crippen molar-refractivity contribution in [2.24, 2.45) is 0 Å². The van der Waals surface area contributed by atoms with Crippen molar-refractivity contribution >= 4 is 12.1 Å². The first kappa shape index (κ1) is 32.0. The van der Waals surface area contributed by atoms with Crippen molar-refractivity contribution in [3.63, 3.8) is 0 Å². The van der Waals surface area contributed by atoms with Crippen molar-refractivity contribution < 1.29 is 28.2 Å². The summed E-state index contributed by atoms with van der Waals surface area (Å²) in [7, 11) is 0. The van der Waals surface area contributed by atoms with Gasteiger partial charge in [-0.25, -0.2) is 19.0 Å². The molecule has 0 saturated heterocycles. The molecule has 0 saturated carbocycles. The minimum absolute atomic E-state index is 0.256. The monoisotopic (exact) mass is 590 g/mol. The molecule has 2 aromatic carbocycles. The van der Waals surface area contributed by atoms with Crippen LogP contribution in [0.15, 0.2) is 54.6 Å². The highest BCUT2D eigenvalue weighted by Gasteiger charge is 2.33. The van der Waals surface area contributed by atoms with Gasteiger partial charge >= 0.3 is 12.1 Å². The largest absolute Gasteiger partial charge is 0.489 e. The molecule has 1 unspecified atom stereocenters. The molecule has 1 atom stereocenters. The minimum Gasteiger partial charge on any atom is -0.489 e. The third-order valence-corrected chi connectivity index (χ3v) is 7.35. The van der Waals surface area contributed by atoms with E-state index in [1.165, 1.54) is 17.7 Å². The number of nitrogens with zero attached hydrogens (tertiary/aromatic N) is 2. The van der Waals surface area contributed by atoms with E-state index in [1.807, 2.05) is 26.8 Å². The molecule has 4 rings (SSSR count). The van der Waals surface area contributed by atoms with Gasteiger partial charge in [0, 0.05) is 12.2 Å². The number of fused-ring (bicyclic) bond motifs is 1. The number of carbonyl (C=O) groups excluding carboxylic acids is 2. The van der Waals surface area contributed by atoms with E-state index in [4.69, 9.17) is 14.2 Å². The molecule has 1 amide bonds. The first-order valence-corrected chi connectivity index (χ1v) is 15.2. The molecule has 1 aromatic heterocycles. The Labute approximate surface area is 254 Å². The zero-order chi connectivity index (χ0) is 31.0. The highest BCUT2D eigenvalue weighted by Crippen LogP contribution is 2.35. The number of hydrogen-bond acceptors (Lipinski definition) is 6. The Morgan fingerprint density at radius 3 is 2.44 bits per heavy atom. The quantitative estimate of drug-likeness (QED) is 0.212. The van der Waals surface area contributed by atoms with Crippen LogP contribution in [0.1, 0.15) is 98.4 Å². The summed E-state index contributed by atoms with van der Waals surface area (Å²) in [5.74, 6) is -0.256. The third kappa shape index (κ3) is 8.78. The SMILES string of the molecule is CCCc1ccc(COc2ccc(F)cc2CCN(C(=O)OC(C)(C)C)C2CCCc3nc(C(=O)OCC)ccc32)cc1. The molecule has 0 spiro atoms. The highest BCUT2D eigenvalue weighted by molar-refractivity contribution is 5.87. The fourth-order valence-corrected chi connectivity index (χ4v) is 5.35. The van der Waals surface area contributed by atoms with Crippen LogP contribution in [0, 0.1) is 5.82 Å². The summed E-state index contributed by atoms with van der Waals surface area (Å²) in [6, 6.07) is 16.0.